The number of aliphatic hydroxyl groups is 1. The Bertz CT molecular complexity index is 943. The molecule has 0 amide bonds. The zero-order valence-electron chi connectivity index (χ0n) is 23.2. The van der Waals surface area contributed by atoms with E-state index >= 15 is 0 Å². The largest absolute Gasteiger partial charge is 0.390 e. The van der Waals surface area contributed by atoms with Crippen LogP contribution in [0.5, 0.6) is 0 Å². The number of hydrogen-bond donors (Lipinski definition) is 1. The number of fused-ring (bicyclic) bond motifs is 5. The first-order valence-electron chi connectivity index (χ1n) is 14.8. The number of carbonyl (C=O) groups excluding carboxylic acids is 1. The van der Waals surface area contributed by atoms with Crippen LogP contribution in [0, 0.1) is 40.4 Å². The highest BCUT2D eigenvalue weighted by atomic mass is 32.2. The average Bonchev–Trinajstić information content (AvgIpc) is 3.16. The molecule has 0 unspecified atom stereocenters. The summed E-state index contributed by atoms with van der Waals surface area (Å²) in [5.74, 6) is 3.38. The minimum absolute atomic E-state index is 0.118. The lowest BCUT2D eigenvalue weighted by atomic mass is 9.42. The molecule has 6 nitrogen and oxygen atoms in total. The Hall–Kier alpha value is -0.500. The van der Waals surface area contributed by atoms with Crippen molar-refractivity contribution >= 4 is 15.8 Å². The minimum atomic E-state index is -3.15. The molecule has 0 bridgehead atoms. The lowest BCUT2D eigenvalue weighted by Crippen LogP contribution is -2.57. The van der Waals surface area contributed by atoms with E-state index in [4.69, 9.17) is 0 Å². The maximum absolute atomic E-state index is 13.7. The van der Waals surface area contributed by atoms with Crippen LogP contribution in [0.2, 0.25) is 0 Å². The Labute approximate surface area is 219 Å². The summed E-state index contributed by atoms with van der Waals surface area (Å²) in [6, 6.07) is 0. The molecule has 8 atom stereocenters. The molecule has 7 heteroatoms. The third-order valence-corrected chi connectivity index (χ3v) is 13.2. The van der Waals surface area contributed by atoms with E-state index in [1.54, 1.807) is 0 Å². The van der Waals surface area contributed by atoms with Crippen LogP contribution in [0.15, 0.2) is 0 Å². The first-order valence-corrected chi connectivity index (χ1v) is 16.7. The van der Waals surface area contributed by atoms with Crippen LogP contribution in [0.1, 0.15) is 91.4 Å². The number of nitrogens with zero attached hydrogens (tertiary/aromatic N) is 2. The quantitative estimate of drug-likeness (QED) is 0.562. The van der Waals surface area contributed by atoms with E-state index in [1.165, 1.54) is 61.9 Å². The zero-order valence-corrected chi connectivity index (χ0v) is 24.0. The SMILES string of the molecule is CCC[C@]12CC[C@@](C)(O)C[C@@H]1CC[C@H]1[C@@H]3CC[C@H](C(=O)CN4CCN(S(C)(=O)=O)CC4)[C@@]3(C)CC[C@@H]12. The van der Waals surface area contributed by atoms with E-state index in [2.05, 4.69) is 25.7 Å². The summed E-state index contributed by atoms with van der Waals surface area (Å²) in [5.41, 5.74) is 0.0332. The number of hydrogen-bond acceptors (Lipinski definition) is 5. The highest BCUT2D eigenvalue weighted by Gasteiger charge is 2.62. The molecule has 5 rings (SSSR count). The Morgan fingerprint density at radius 3 is 2.33 bits per heavy atom. The predicted molar refractivity (Wildman–Crippen MR) is 143 cm³/mol. The first kappa shape index (κ1) is 27.1. The van der Waals surface area contributed by atoms with E-state index in [9.17, 15) is 18.3 Å². The average molecular weight is 523 g/mol. The molecule has 4 saturated carbocycles. The van der Waals surface area contributed by atoms with Crippen molar-refractivity contribution in [2.75, 3.05) is 39.0 Å². The molecular weight excluding hydrogens is 472 g/mol. The van der Waals surface area contributed by atoms with Crippen LogP contribution in [-0.4, -0.2) is 73.1 Å². The van der Waals surface area contributed by atoms with Gasteiger partial charge in [0.25, 0.3) is 0 Å². The van der Waals surface area contributed by atoms with Crippen LogP contribution < -0.4 is 0 Å². The molecule has 1 saturated heterocycles. The van der Waals surface area contributed by atoms with Crippen LogP contribution in [0.3, 0.4) is 0 Å². The molecule has 1 heterocycles. The molecule has 5 aliphatic rings. The summed E-state index contributed by atoms with van der Waals surface area (Å²) in [6.07, 6.45) is 14.1. The van der Waals surface area contributed by atoms with Gasteiger partial charge < -0.3 is 5.11 Å². The topological polar surface area (TPSA) is 77.9 Å². The standard InChI is InChI=1S/C29H50N2O4S/c1-5-11-29-14-13-27(2,33)19-21(29)6-7-22-23-8-9-25(28(23,3)12-10-24(22)29)26(32)20-30-15-17-31(18-16-30)36(4,34)35/h21-25,33H,5-20H2,1-4H3/t21-,22-,23-,24-,25+,27+,28-,29-/m0/s1. The lowest BCUT2D eigenvalue weighted by molar-refractivity contribution is -0.160. The van der Waals surface area contributed by atoms with Crippen molar-refractivity contribution in [1.82, 2.24) is 9.21 Å². The number of carbonyl (C=O) groups is 1. The second-order valence-electron chi connectivity index (χ2n) is 13.9. The Kier molecular flexibility index (Phi) is 7.22. The van der Waals surface area contributed by atoms with Gasteiger partial charge in [0.2, 0.25) is 10.0 Å². The molecule has 206 valence electrons. The first-order chi connectivity index (χ1) is 16.9. The summed E-state index contributed by atoms with van der Waals surface area (Å²) in [4.78, 5) is 15.9. The van der Waals surface area contributed by atoms with Crippen LogP contribution >= 0.6 is 0 Å². The van der Waals surface area contributed by atoms with Crippen molar-refractivity contribution in [3.05, 3.63) is 0 Å². The van der Waals surface area contributed by atoms with Gasteiger partial charge in [-0.05, 0) is 106 Å². The van der Waals surface area contributed by atoms with Gasteiger partial charge in [0.1, 0.15) is 5.78 Å². The number of ketones is 1. The van der Waals surface area contributed by atoms with Gasteiger partial charge in [-0.2, -0.15) is 4.31 Å². The molecule has 0 aromatic rings. The monoisotopic (exact) mass is 522 g/mol. The molecule has 0 spiro atoms. The Balaban J connectivity index is 1.28. The van der Waals surface area contributed by atoms with E-state index in [1.807, 2.05) is 0 Å². The van der Waals surface area contributed by atoms with Gasteiger partial charge in [-0.3, -0.25) is 9.69 Å². The maximum Gasteiger partial charge on any atom is 0.211 e. The molecule has 0 aromatic heterocycles. The third-order valence-electron chi connectivity index (χ3n) is 11.9. The fourth-order valence-corrected chi connectivity index (χ4v) is 11.1. The molecule has 36 heavy (non-hydrogen) atoms. The highest BCUT2D eigenvalue weighted by Crippen LogP contribution is 2.69. The van der Waals surface area contributed by atoms with Crippen molar-refractivity contribution < 1.29 is 18.3 Å². The summed E-state index contributed by atoms with van der Waals surface area (Å²) < 4.78 is 25.2. The fraction of sp³-hybridized carbons (Fsp3) is 0.966. The molecule has 1 aliphatic heterocycles. The van der Waals surface area contributed by atoms with Gasteiger partial charge in [-0.25, -0.2) is 8.42 Å². The van der Waals surface area contributed by atoms with E-state index < -0.39 is 15.6 Å². The molecule has 0 radical (unpaired) electrons. The van der Waals surface area contributed by atoms with Gasteiger partial charge in [0.05, 0.1) is 18.4 Å². The lowest BCUT2D eigenvalue weighted by Gasteiger charge is -2.63. The Morgan fingerprint density at radius 2 is 1.67 bits per heavy atom. The zero-order chi connectivity index (χ0) is 25.9. The molecule has 4 aliphatic carbocycles. The maximum atomic E-state index is 13.7. The van der Waals surface area contributed by atoms with E-state index in [-0.39, 0.29) is 11.3 Å². The van der Waals surface area contributed by atoms with Crippen LogP contribution in [0.25, 0.3) is 0 Å². The van der Waals surface area contributed by atoms with Crippen LogP contribution in [-0.2, 0) is 14.8 Å². The van der Waals surface area contributed by atoms with Gasteiger partial charge in [0, 0.05) is 32.1 Å². The second kappa shape index (κ2) is 9.60. The normalized spacial score (nSPS) is 46.1. The summed E-state index contributed by atoms with van der Waals surface area (Å²) in [5, 5.41) is 10.9. The number of piperazine rings is 1. The number of rotatable bonds is 6. The predicted octanol–water partition coefficient (Wildman–Crippen LogP) is 4.32. The smallest absolute Gasteiger partial charge is 0.211 e. The number of Topliss-reactive ketones (excluding diaryl/α,β-unsaturated/α-hetero) is 1. The van der Waals surface area contributed by atoms with Crippen LogP contribution in [0.4, 0.5) is 0 Å². The number of sulfonamides is 1. The van der Waals surface area contributed by atoms with Gasteiger partial charge in [-0.15, -0.1) is 0 Å². The van der Waals surface area contributed by atoms with Crippen molar-refractivity contribution in [2.24, 2.45) is 40.4 Å². The van der Waals surface area contributed by atoms with Gasteiger partial charge in [-0.1, -0.05) is 20.3 Å². The molecule has 0 aromatic carbocycles. The van der Waals surface area contributed by atoms with Crippen molar-refractivity contribution in [3.8, 4) is 0 Å². The molecule has 5 fully saturated rings. The second-order valence-corrected chi connectivity index (χ2v) is 15.9. The Morgan fingerprint density at radius 1 is 0.944 bits per heavy atom. The van der Waals surface area contributed by atoms with Gasteiger partial charge >= 0.3 is 0 Å². The molecular formula is C29H50N2O4S. The minimum Gasteiger partial charge on any atom is -0.390 e. The van der Waals surface area contributed by atoms with Gasteiger partial charge in [0.15, 0.2) is 0 Å². The van der Waals surface area contributed by atoms with E-state index in [0.29, 0.717) is 55.8 Å². The van der Waals surface area contributed by atoms with Crippen molar-refractivity contribution in [2.45, 2.75) is 97.0 Å². The highest BCUT2D eigenvalue weighted by molar-refractivity contribution is 7.88. The summed E-state index contributed by atoms with van der Waals surface area (Å²) in [7, 11) is -3.15. The van der Waals surface area contributed by atoms with E-state index in [0.717, 1.165) is 31.1 Å². The van der Waals surface area contributed by atoms with Crippen molar-refractivity contribution in [1.29, 1.82) is 0 Å². The third kappa shape index (κ3) is 4.62. The molecule has 1 N–H and O–H groups in total. The summed E-state index contributed by atoms with van der Waals surface area (Å²) >= 11 is 0. The summed E-state index contributed by atoms with van der Waals surface area (Å²) in [6.45, 7) is 9.62. The van der Waals surface area contributed by atoms with Crippen molar-refractivity contribution in [3.63, 3.8) is 0 Å². The fourth-order valence-electron chi connectivity index (χ4n) is 10.3.